The van der Waals surface area contributed by atoms with E-state index < -0.39 is 0 Å². The third-order valence-electron chi connectivity index (χ3n) is 2.58. The van der Waals surface area contributed by atoms with E-state index in [2.05, 4.69) is 11.8 Å². The summed E-state index contributed by atoms with van der Waals surface area (Å²) in [5.74, 6) is -0.130. The third-order valence-corrected chi connectivity index (χ3v) is 2.80. The lowest BCUT2D eigenvalue weighted by Crippen LogP contribution is -2.18. The number of carbonyl (C=O) groups is 1. The highest BCUT2D eigenvalue weighted by Crippen LogP contribution is 2.28. The fourth-order valence-electron chi connectivity index (χ4n) is 1.80. The van der Waals surface area contributed by atoms with Crippen molar-refractivity contribution in [3.8, 4) is 5.75 Å². The summed E-state index contributed by atoms with van der Waals surface area (Å²) < 4.78 is 0. The van der Waals surface area contributed by atoms with Crippen LogP contribution in [0.2, 0.25) is 5.02 Å². The zero-order valence-corrected chi connectivity index (χ0v) is 11.2. The zero-order valence-electron chi connectivity index (χ0n) is 10.5. The van der Waals surface area contributed by atoms with Gasteiger partial charge in [-0.15, -0.1) is 0 Å². The molecule has 0 aliphatic carbocycles. The number of hydrogen-bond donors (Lipinski definition) is 1. The first-order valence-corrected chi connectivity index (χ1v) is 6.04. The topological polar surface area (TPSA) is 40.5 Å². The average molecular weight is 256 g/mol. The first-order valence-electron chi connectivity index (χ1n) is 5.66. The molecular weight excluding hydrogens is 238 g/mol. The van der Waals surface area contributed by atoms with E-state index in [1.807, 2.05) is 7.05 Å². The lowest BCUT2D eigenvalue weighted by Gasteiger charge is -2.17. The Balaban J connectivity index is 3.03. The molecule has 0 aliphatic rings. The monoisotopic (exact) mass is 255 g/mol. The molecule has 0 saturated carbocycles. The van der Waals surface area contributed by atoms with Crippen LogP contribution < -0.4 is 0 Å². The molecule has 0 aliphatic heterocycles. The molecule has 94 valence electrons. The average Bonchev–Trinajstić information content (AvgIpc) is 2.22. The van der Waals surface area contributed by atoms with Gasteiger partial charge in [0, 0.05) is 17.1 Å². The SMILES string of the molecule is CCCN(C)Cc1cc(Cl)cc(C(C)=O)c1O. The maximum atomic E-state index is 11.3. The quantitative estimate of drug-likeness (QED) is 0.822. The van der Waals surface area contributed by atoms with Gasteiger partial charge in [-0.25, -0.2) is 0 Å². The number of halogens is 1. The van der Waals surface area contributed by atoms with Crippen molar-refractivity contribution in [2.75, 3.05) is 13.6 Å². The van der Waals surface area contributed by atoms with Gasteiger partial charge < -0.3 is 10.0 Å². The number of carbonyl (C=O) groups excluding carboxylic acids is 1. The van der Waals surface area contributed by atoms with Crippen molar-refractivity contribution in [2.45, 2.75) is 26.8 Å². The second kappa shape index (κ2) is 6.03. The maximum Gasteiger partial charge on any atom is 0.163 e. The van der Waals surface area contributed by atoms with Gasteiger partial charge in [-0.1, -0.05) is 18.5 Å². The Morgan fingerprint density at radius 1 is 1.47 bits per heavy atom. The standard InChI is InChI=1S/C13H18ClNO2/c1-4-5-15(3)8-10-6-11(14)7-12(9(2)16)13(10)17/h6-7,17H,4-5,8H2,1-3H3. The fraction of sp³-hybridized carbons (Fsp3) is 0.462. The Morgan fingerprint density at radius 3 is 2.65 bits per heavy atom. The Bertz CT molecular complexity index is 418. The van der Waals surface area contributed by atoms with E-state index in [0.29, 0.717) is 17.1 Å². The van der Waals surface area contributed by atoms with Gasteiger partial charge in [-0.3, -0.25) is 4.79 Å². The smallest absolute Gasteiger partial charge is 0.163 e. The van der Waals surface area contributed by atoms with Crippen LogP contribution >= 0.6 is 11.6 Å². The van der Waals surface area contributed by atoms with Gasteiger partial charge in [0.25, 0.3) is 0 Å². The number of Topliss-reactive ketones (excluding diaryl/α,β-unsaturated/α-hetero) is 1. The number of hydrogen-bond acceptors (Lipinski definition) is 3. The molecule has 0 bridgehead atoms. The molecular formula is C13H18ClNO2. The molecule has 0 aromatic heterocycles. The molecule has 3 nitrogen and oxygen atoms in total. The van der Waals surface area contributed by atoms with Crippen molar-refractivity contribution >= 4 is 17.4 Å². The van der Waals surface area contributed by atoms with Crippen LogP contribution in [0.3, 0.4) is 0 Å². The molecule has 0 spiro atoms. The molecule has 4 heteroatoms. The van der Waals surface area contributed by atoms with Crippen molar-refractivity contribution in [1.29, 1.82) is 0 Å². The van der Waals surface area contributed by atoms with Crippen molar-refractivity contribution < 1.29 is 9.90 Å². The zero-order chi connectivity index (χ0) is 13.0. The van der Waals surface area contributed by atoms with E-state index in [9.17, 15) is 9.90 Å². The molecule has 1 rings (SSSR count). The minimum Gasteiger partial charge on any atom is -0.507 e. The third kappa shape index (κ3) is 3.72. The molecule has 1 aromatic carbocycles. The first kappa shape index (κ1) is 14.0. The maximum absolute atomic E-state index is 11.3. The van der Waals surface area contributed by atoms with E-state index >= 15 is 0 Å². The van der Waals surface area contributed by atoms with Gasteiger partial charge in [0.1, 0.15) is 5.75 Å². The van der Waals surface area contributed by atoms with Gasteiger partial charge in [0.15, 0.2) is 5.78 Å². The van der Waals surface area contributed by atoms with Crippen LogP contribution in [-0.2, 0) is 6.54 Å². The normalized spacial score (nSPS) is 10.9. The molecule has 0 unspecified atom stereocenters. The first-order chi connectivity index (χ1) is 7.95. The number of rotatable bonds is 5. The Kier molecular flexibility index (Phi) is 4.97. The summed E-state index contributed by atoms with van der Waals surface area (Å²) in [4.78, 5) is 13.4. The van der Waals surface area contributed by atoms with Gasteiger partial charge in [0.05, 0.1) is 5.56 Å². The molecule has 0 amide bonds. The van der Waals surface area contributed by atoms with Gasteiger partial charge in [-0.05, 0) is 39.1 Å². The number of aromatic hydroxyl groups is 1. The second-order valence-electron chi connectivity index (χ2n) is 4.26. The summed E-state index contributed by atoms with van der Waals surface area (Å²) in [6.45, 7) is 5.03. The van der Waals surface area contributed by atoms with Gasteiger partial charge >= 0.3 is 0 Å². The van der Waals surface area contributed by atoms with Gasteiger partial charge in [0.2, 0.25) is 0 Å². The highest BCUT2D eigenvalue weighted by molar-refractivity contribution is 6.31. The second-order valence-corrected chi connectivity index (χ2v) is 4.69. The molecule has 1 aromatic rings. The Labute approximate surface area is 107 Å². The molecule has 0 radical (unpaired) electrons. The van der Waals surface area contributed by atoms with Crippen LogP contribution in [0.4, 0.5) is 0 Å². The summed E-state index contributed by atoms with van der Waals surface area (Å²) in [6.07, 6.45) is 1.04. The van der Waals surface area contributed by atoms with Crippen molar-refractivity contribution in [1.82, 2.24) is 4.90 Å². The van der Waals surface area contributed by atoms with E-state index in [1.165, 1.54) is 13.0 Å². The predicted molar refractivity (Wildman–Crippen MR) is 69.7 cm³/mol. The van der Waals surface area contributed by atoms with E-state index in [-0.39, 0.29) is 17.1 Å². The largest absolute Gasteiger partial charge is 0.507 e. The number of ketones is 1. The predicted octanol–water partition coefficient (Wildman–Crippen LogP) is 3.09. The summed E-state index contributed by atoms with van der Waals surface area (Å²) >= 11 is 5.94. The van der Waals surface area contributed by atoms with Crippen LogP contribution in [0.25, 0.3) is 0 Å². The van der Waals surface area contributed by atoms with Crippen LogP contribution in [0.1, 0.15) is 36.2 Å². The van der Waals surface area contributed by atoms with Crippen LogP contribution in [0, 0.1) is 0 Å². The number of nitrogens with zero attached hydrogens (tertiary/aromatic N) is 1. The summed E-state index contributed by atoms with van der Waals surface area (Å²) in [5, 5.41) is 10.5. The summed E-state index contributed by atoms with van der Waals surface area (Å²) in [6, 6.07) is 3.21. The summed E-state index contributed by atoms with van der Waals surface area (Å²) in [5.41, 5.74) is 0.982. The van der Waals surface area contributed by atoms with E-state index in [1.54, 1.807) is 6.07 Å². The highest BCUT2D eigenvalue weighted by Gasteiger charge is 2.13. The molecule has 17 heavy (non-hydrogen) atoms. The van der Waals surface area contributed by atoms with E-state index in [4.69, 9.17) is 11.6 Å². The molecule has 0 saturated heterocycles. The number of phenolic OH excluding ortho intramolecular Hbond substituents is 1. The van der Waals surface area contributed by atoms with Crippen molar-refractivity contribution in [3.63, 3.8) is 0 Å². The van der Waals surface area contributed by atoms with E-state index in [0.717, 1.165) is 13.0 Å². The van der Waals surface area contributed by atoms with Crippen molar-refractivity contribution in [3.05, 3.63) is 28.3 Å². The molecule has 0 heterocycles. The molecule has 0 atom stereocenters. The number of benzene rings is 1. The number of phenols is 1. The Hall–Kier alpha value is -1.06. The van der Waals surface area contributed by atoms with Crippen LogP contribution in [-0.4, -0.2) is 29.4 Å². The van der Waals surface area contributed by atoms with Crippen LogP contribution in [0.15, 0.2) is 12.1 Å². The van der Waals surface area contributed by atoms with Gasteiger partial charge in [-0.2, -0.15) is 0 Å². The minimum atomic E-state index is -0.176. The summed E-state index contributed by atoms with van der Waals surface area (Å²) in [7, 11) is 1.97. The highest BCUT2D eigenvalue weighted by atomic mass is 35.5. The van der Waals surface area contributed by atoms with Crippen molar-refractivity contribution in [2.24, 2.45) is 0 Å². The Morgan fingerprint density at radius 2 is 2.12 bits per heavy atom. The minimum absolute atomic E-state index is 0.0462. The molecule has 1 N–H and O–H groups in total. The lowest BCUT2D eigenvalue weighted by atomic mass is 10.1. The van der Waals surface area contributed by atoms with Crippen LogP contribution in [0.5, 0.6) is 5.75 Å². The fourth-order valence-corrected chi connectivity index (χ4v) is 2.04. The lowest BCUT2D eigenvalue weighted by molar-refractivity contribution is 0.101. The molecule has 0 fully saturated rings.